The minimum absolute atomic E-state index is 0.681. The van der Waals surface area contributed by atoms with Crippen molar-refractivity contribution in [2.24, 2.45) is 0 Å². The first kappa shape index (κ1) is 7.53. The molecule has 1 atom stereocenters. The maximum atomic E-state index is 10.5. The lowest BCUT2D eigenvalue weighted by Gasteiger charge is -2.03. The molecule has 0 saturated heterocycles. The Morgan fingerprint density at radius 2 is 2.33 bits per heavy atom. The Balaban J connectivity index is 2.48. The summed E-state index contributed by atoms with van der Waals surface area (Å²) in [5, 5.41) is 0. The molecule has 1 aliphatic carbocycles. The van der Waals surface area contributed by atoms with Crippen LogP contribution in [-0.4, -0.2) is 6.29 Å². The summed E-state index contributed by atoms with van der Waals surface area (Å²) in [7, 11) is 0. The summed E-state index contributed by atoms with van der Waals surface area (Å²) in [6.45, 7) is 2.24. The van der Waals surface area contributed by atoms with Gasteiger partial charge in [0.05, 0.1) is 0 Å². The molecule has 0 fully saturated rings. The average molecular weight is 160 g/mol. The highest BCUT2D eigenvalue weighted by molar-refractivity contribution is 5.75. The van der Waals surface area contributed by atoms with Crippen LogP contribution in [0.1, 0.15) is 40.7 Å². The number of rotatable bonds is 1. The number of benzene rings is 1. The lowest BCUT2D eigenvalue weighted by atomic mass is 10.0. The highest BCUT2D eigenvalue weighted by Crippen LogP contribution is 2.32. The molecular formula is C11H12O. The van der Waals surface area contributed by atoms with Gasteiger partial charge in [0.2, 0.25) is 0 Å². The third kappa shape index (κ3) is 1.06. The number of carbonyl (C=O) groups is 1. The molecule has 0 saturated carbocycles. The molecule has 1 aliphatic rings. The first-order valence-corrected chi connectivity index (χ1v) is 4.39. The summed E-state index contributed by atoms with van der Waals surface area (Å²) in [4.78, 5) is 10.5. The zero-order chi connectivity index (χ0) is 8.55. The van der Waals surface area contributed by atoms with Crippen LogP contribution in [0.25, 0.3) is 0 Å². The van der Waals surface area contributed by atoms with Crippen molar-refractivity contribution in [1.82, 2.24) is 0 Å². The van der Waals surface area contributed by atoms with E-state index in [1.54, 1.807) is 0 Å². The van der Waals surface area contributed by atoms with Crippen LogP contribution < -0.4 is 0 Å². The first-order chi connectivity index (χ1) is 5.81. The molecule has 1 aromatic rings. The Kier molecular flexibility index (Phi) is 1.72. The van der Waals surface area contributed by atoms with Crippen LogP contribution in [-0.2, 0) is 6.42 Å². The summed E-state index contributed by atoms with van der Waals surface area (Å²) >= 11 is 0. The molecule has 0 aliphatic heterocycles. The van der Waals surface area contributed by atoms with E-state index in [4.69, 9.17) is 0 Å². The van der Waals surface area contributed by atoms with Crippen molar-refractivity contribution < 1.29 is 4.79 Å². The third-order valence-corrected chi connectivity index (χ3v) is 2.68. The van der Waals surface area contributed by atoms with Crippen molar-refractivity contribution in [2.75, 3.05) is 0 Å². The van der Waals surface area contributed by atoms with Crippen molar-refractivity contribution in [3.63, 3.8) is 0 Å². The van der Waals surface area contributed by atoms with Crippen LogP contribution in [0.5, 0.6) is 0 Å². The molecule has 0 N–H and O–H groups in total. The van der Waals surface area contributed by atoms with Gasteiger partial charge in [0.1, 0.15) is 6.29 Å². The summed E-state index contributed by atoms with van der Waals surface area (Å²) in [6, 6.07) is 6.02. The molecule has 1 aromatic carbocycles. The predicted molar refractivity (Wildman–Crippen MR) is 48.6 cm³/mol. The first-order valence-electron chi connectivity index (χ1n) is 4.39. The molecule has 62 valence electrons. The minimum Gasteiger partial charge on any atom is -0.298 e. The monoisotopic (exact) mass is 160 g/mol. The second-order valence-electron chi connectivity index (χ2n) is 3.52. The van der Waals surface area contributed by atoms with E-state index in [0.29, 0.717) is 5.92 Å². The Hall–Kier alpha value is -1.11. The summed E-state index contributed by atoms with van der Waals surface area (Å²) in [5.74, 6) is 0.681. The summed E-state index contributed by atoms with van der Waals surface area (Å²) < 4.78 is 0. The lowest BCUT2D eigenvalue weighted by Crippen LogP contribution is -1.88. The van der Waals surface area contributed by atoms with Crippen molar-refractivity contribution in [3.8, 4) is 0 Å². The molecule has 1 unspecified atom stereocenters. The Labute approximate surface area is 72.4 Å². The molecule has 0 amide bonds. The van der Waals surface area contributed by atoms with Gasteiger partial charge in [0.15, 0.2) is 0 Å². The van der Waals surface area contributed by atoms with Crippen LogP contribution in [0.2, 0.25) is 0 Å². The second-order valence-corrected chi connectivity index (χ2v) is 3.52. The zero-order valence-corrected chi connectivity index (χ0v) is 7.21. The SMILES string of the molecule is CC1CCc2cc(C=O)ccc21. The van der Waals surface area contributed by atoms with Gasteiger partial charge in [0.25, 0.3) is 0 Å². The van der Waals surface area contributed by atoms with Gasteiger partial charge >= 0.3 is 0 Å². The fraction of sp³-hybridized carbons (Fsp3) is 0.364. The van der Waals surface area contributed by atoms with E-state index in [2.05, 4.69) is 13.0 Å². The number of hydrogen-bond donors (Lipinski definition) is 0. The summed E-state index contributed by atoms with van der Waals surface area (Å²) in [6.07, 6.45) is 3.29. The molecule has 0 aromatic heterocycles. The lowest BCUT2D eigenvalue weighted by molar-refractivity contribution is 0.112. The molecule has 0 heterocycles. The van der Waals surface area contributed by atoms with Gasteiger partial charge in [-0.15, -0.1) is 0 Å². The standard InChI is InChI=1S/C11H12O/c1-8-2-4-10-6-9(7-12)3-5-11(8)10/h3,5-8H,2,4H2,1H3. The normalized spacial score (nSPS) is 20.6. The Bertz CT molecular complexity index is 315. The smallest absolute Gasteiger partial charge is 0.150 e. The van der Waals surface area contributed by atoms with Gasteiger partial charge in [-0.25, -0.2) is 0 Å². The van der Waals surface area contributed by atoms with Crippen molar-refractivity contribution in [3.05, 3.63) is 34.9 Å². The maximum Gasteiger partial charge on any atom is 0.150 e. The van der Waals surface area contributed by atoms with Gasteiger partial charge in [0, 0.05) is 5.56 Å². The topological polar surface area (TPSA) is 17.1 Å². The van der Waals surface area contributed by atoms with Gasteiger partial charge in [-0.2, -0.15) is 0 Å². The van der Waals surface area contributed by atoms with E-state index in [1.165, 1.54) is 17.5 Å². The van der Waals surface area contributed by atoms with E-state index in [-0.39, 0.29) is 0 Å². The minimum atomic E-state index is 0.681. The molecule has 0 bridgehead atoms. The van der Waals surface area contributed by atoms with Crippen LogP contribution in [0, 0.1) is 0 Å². The average Bonchev–Trinajstić information content (AvgIpc) is 2.47. The van der Waals surface area contributed by atoms with Crippen molar-refractivity contribution >= 4 is 6.29 Å². The number of carbonyl (C=O) groups excluding carboxylic acids is 1. The molecular weight excluding hydrogens is 148 g/mol. The van der Waals surface area contributed by atoms with Gasteiger partial charge in [-0.05, 0) is 36.0 Å². The Morgan fingerprint density at radius 3 is 3.08 bits per heavy atom. The van der Waals surface area contributed by atoms with E-state index < -0.39 is 0 Å². The number of fused-ring (bicyclic) bond motifs is 1. The fourth-order valence-corrected chi connectivity index (χ4v) is 1.92. The maximum absolute atomic E-state index is 10.5. The molecule has 1 nitrogen and oxygen atoms in total. The Morgan fingerprint density at radius 1 is 1.50 bits per heavy atom. The van der Waals surface area contributed by atoms with Gasteiger partial charge in [-0.3, -0.25) is 4.79 Å². The zero-order valence-electron chi connectivity index (χ0n) is 7.21. The van der Waals surface area contributed by atoms with Crippen LogP contribution in [0.3, 0.4) is 0 Å². The number of hydrogen-bond acceptors (Lipinski definition) is 1. The highest BCUT2D eigenvalue weighted by Gasteiger charge is 2.17. The number of aryl methyl sites for hydroxylation is 1. The van der Waals surface area contributed by atoms with Gasteiger partial charge in [-0.1, -0.05) is 19.1 Å². The van der Waals surface area contributed by atoms with Crippen LogP contribution in [0.15, 0.2) is 18.2 Å². The van der Waals surface area contributed by atoms with Gasteiger partial charge < -0.3 is 0 Å². The van der Waals surface area contributed by atoms with Crippen molar-refractivity contribution in [2.45, 2.75) is 25.7 Å². The van der Waals surface area contributed by atoms with E-state index in [0.717, 1.165) is 18.3 Å². The van der Waals surface area contributed by atoms with E-state index in [9.17, 15) is 4.79 Å². The van der Waals surface area contributed by atoms with Crippen LogP contribution >= 0.6 is 0 Å². The number of aldehydes is 1. The summed E-state index contributed by atoms with van der Waals surface area (Å²) in [5.41, 5.74) is 3.61. The predicted octanol–water partition coefficient (Wildman–Crippen LogP) is 2.55. The van der Waals surface area contributed by atoms with Crippen LogP contribution in [0.4, 0.5) is 0 Å². The highest BCUT2D eigenvalue weighted by atomic mass is 16.1. The molecule has 2 rings (SSSR count). The van der Waals surface area contributed by atoms with E-state index in [1.807, 2.05) is 12.1 Å². The molecule has 0 spiro atoms. The van der Waals surface area contributed by atoms with Crippen molar-refractivity contribution in [1.29, 1.82) is 0 Å². The molecule has 12 heavy (non-hydrogen) atoms. The second kappa shape index (κ2) is 2.74. The fourth-order valence-electron chi connectivity index (χ4n) is 1.92. The third-order valence-electron chi connectivity index (χ3n) is 2.68. The van der Waals surface area contributed by atoms with E-state index >= 15 is 0 Å². The largest absolute Gasteiger partial charge is 0.298 e. The quantitative estimate of drug-likeness (QED) is 0.577. The molecule has 0 radical (unpaired) electrons. The molecule has 1 heteroatoms.